The lowest BCUT2D eigenvalue weighted by Gasteiger charge is -2.11. The Morgan fingerprint density at radius 2 is 2.13 bits per heavy atom. The Kier molecular flexibility index (Phi) is 2.74. The van der Waals surface area contributed by atoms with E-state index < -0.39 is 5.97 Å². The largest absolute Gasteiger partial charge is 0.478 e. The van der Waals surface area contributed by atoms with Crippen LogP contribution in [0.4, 0.5) is 0 Å². The first-order chi connectivity index (χ1) is 7.15. The van der Waals surface area contributed by atoms with Crippen molar-refractivity contribution in [2.45, 2.75) is 30.6 Å². The van der Waals surface area contributed by atoms with Crippen LogP contribution in [0, 0.1) is 6.92 Å². The molecule has 80 valence electrons. The first kappa shape index (κ1) is 10.6. The Bertz CT molecular complexity index is 408. The van der Waals surface area contributed by atoms with Crippen LogP contribution in [-0.4, -0.2) is 17.3 Å². The Balaban J connectivity index is 2.52. The van der Waals surface area contributed by atoms with Gasteiger partial charge in [-0.15, -0.1) is 11.8 Å². The Morgan fingerprint density at radius 3 is 2.60 bits per heavy atom. The number of aromatic carboxylic acids is 1. The van der Waals surface area contributed by atoms with Gasteiger partial charge < -0.3 is 5.11 Å². The Morgan fingerprint density at radius 1 is 1.47 bits per heavy atom. The molecule has 0 spiro atoms. The maximum Gasteiger partial charge on any atom is 0.335 e. The van der Waals surface area contributed by atoms with E-state index in [2.05, 4.69) is 0 Å². The molecular formula is C12H14O2S. The van der Waals surface area contributed by atoms with Crippen molar-refractivity contribution < 1.29 is 9.90 Å². The minimum atomic E-state index is -0.829. The van der Waals surface area contributed by atoms with Crippen molar-refractivity contribution in [2.24, 2.45) is 0 Å². The molecule has 0 aliphatic heterocycles. The molecule has 0 heterocycles. The van der Waals surface area contributed by atoms with E-state index in [1.807, 2.05) is 19.2 Å². The van der Waals surface area contributed by atoms with Crippen LogP contribution in [0.3, 0.4) is 0 Å². The normalized spacial score (nSPS) is 15.3. The molecule has 0 aromatic heterocycles. The molecule has 1 aromatic rings. The van der Waals surface area contributed by atoms with Crippen molar-refractivity contribution in [3.8, 4) is 0 Å². The molecule has 15 heavy (non-hydrogen) atoms. The molecule has 1 aliphatic carbocycles. The van der Waals surface area contributed by atoms with Gasteiger partial charge in [-0.2, -0.15) is 0 Å². The Labute approximate surface area is 93.7 Å². The van der Waals surface area contributed by atoms with Gasteiger partial charge in [-0.3, -0.25) is 0 Å². The van der Waals surface area contributed by atoms with E-state index in [-0.39, 0.29) is 0 Å². The van der Waals surface area contributed by atoms with Crippen molar-refractivity contribution in [1.82, 2.24) is 0 Å². The summed E-state index contributed by atoms with van der Waals surface area (Å²) in [5, 5.41) is 9.02. The van der Waals surface area contributed by atoms with Gasteiger partial charge in [-0.05, 0) is 49.1 Å². The molecule has 0 unspecified atom stereocenters. The van der Waals surface area contributed by atoms with E-state index in [9.17, 15) is 4.79 Å². The van der Waals surface area contributed by atoms with Crippen LogP contribution in [0.25, 0.3) is 0 Å². The van der Waals surface area contributed by atoms with Crippen molar-refractivity contribution in [3.05, 3.63) is 28.8 Å². The summed E-state index contributed by atoms with van der Waals surface area (Å²) in [4.78, 5) is 12.1. The molecule has 2 nitrogen and oxygen atoms in total. The van der Waals surface area contributed by atoms with Gasteiger partial charge in [0.25, 0.3) is 0 Å². The van der Waals surface area contributed by atoms with Gasteiger partial charge in [0.05, 0.1) is 5.56 Å². The zero-order valence-corrected chi connectivity index (χ0v) is 9.73. The summed E-state index contributed by atoms with van der Waals surface area (Å²) in [6, 6.07) is 3.73. The minimum Gasteiger partial charge on any atom is -0.478 e. The van der Waals surface area contributed by atoms with Crippen LogP contribution in [-0.2, 0) is 0 Å². The van der Waals surface area contributed by atoms with Crippen LogP contribution < -0.4 is 0 Å². The van der Waals surface area contributed by atoms with Crippen LogP contribution in [0.1, 0.15) is 40.2 Å². The molecule has 1 saturated carbocycles. The highest BCUT2D eigenvalue weighted by Crippen LogP contribution is 2.45. The maximum atomic E-state index is 11.0. The van der Waals surface area contributed by atoms with Gasteiger partial charge in [0.2, 0.25) is 0 Å². The highest BCUT2D eigenvalue weighted by Gasteiger charge is 2.27. The highest BCUT2D eigenvalue weighted by molar-refractivity contribution is 7.98. The molecule has 1 N–H and O–H groups in total. The standard InChI is InChI=1S/C12H14O2S/c1-7-9(12(13)14)5-6-10(8-3-4-8)11(7)15-2/h5-6,8H,3-4H2,1-2H3,(H,13,14). The second-order valence-electron chi connectivity index (χ2n) is 3.94. The first-order valence-corrected chi connectivity index (χ1v) is 6.28. The summed E-state index contributed by atoms with van der Waals surface area (Å²) in [6.07, 6.45) is 4.51. The molecule has 1 aromatic carbocycles. The summed E-state index contributed by atoms with van der Waals surface area (Å²) in [5.41, 5.74) is 2.69. The summed E-state index contributed by atoms with van der Waals surface area (Å²) >= 11 is 1.66. The third-order valence-corrected chi connectivity index (χ3v) is 3.84. The molecule has 1 fully saturated rings. The molecule has 0 saturated heterocycles. The van der Waals surface area contributed by atoms with Gasteiger partial charge in [-0.1, -0.05) is 6.07 Å². The van der Waals surface area contributed by atoms with Gasteiger partial charge in [0.1, 0.15) is 0 Å². The number of thioether (sulfide) groups is 1. The van der Waals surface area contributed by atoms with Crippen LogP contribution in [0.2, 0.25) is 0 Å². The summed E-state index contributed by atoms with van der Waals surface area (Å²) in [7, 11) is 0. The Hall–Kier alpha value is -0.960. The maximum absolute atomic E-state index is 11.0. The molecule has 0 amide bonds. The summed E-state index contributed by atoms with van der Waals surface area (Å²) in [6.45, 7) is 1.90. The number of carboxylic acid groups (broad SMARTS) is 1. The van der Waals surface area contributed by atoms with Gasteiger partial charge in [0, 0.05) is 4.90 Å². The number of rotatable bonds is 3. The number of carboxylic acids is 1. The number of benzene rings is 1. The van der Waals surface area contributed by atoms with Gasteiger partial charge in [0.15, 0.2) is 0 Å². The lowest BCUT2D eigenvalue weighted by molar-refractivity contribution is 0.0696. The highest BCUT2D eigenvalue weighted by atomic mass is 32.2. The van der Waals surface area contributed by atoms with Crippen molar-refractivity contribution in [1.29, 1.82) is 0 Å². The molecule has 0 bridgehead atoms. The molecule has 0 atom stereocenters. The second kappa shape index (κ2) is 3.89. The van der Waals surface area contributed by atoms with Crippen molar-refractivity contribution >= 4 is 17.7 Å². The van der Waals surface area contributed by atoms with Crippen LogP contribution in [0.5, 0.6) is 0 Å². The van der Waals surface area contributed by atoms with Gasteiger partial charge in [-0.25, -0.2) is 4.79 Å². The molecule has 2 rings (SSSR count). The predicted molar refractivity (Wildman–Crippen MR) is 61.9 cm³/mol. The van der Waals surface area contributed by atoms with Crippen LogP contribution in [0.15, 0.2) is 17.0 Å². The van der Waals surface area contributed by atoms with E-state index in [1.54, 1.807) is 17.8 Å². The number of carbonyl (C=O) groups is 1. The van der Waals surface area contributed by atoms with Crippen LogP contribution >= 0.6 is 11.8 Å². The summed E-state index contributed by atoms with van der Waals surface area (Å²) in [5.74, 6) is -0.154. The molecular weight excluding hydrogens is 208 g/mol. The smallest absolute Gasteiger partial charge is 0.335 e. The zero-order chi connectivity index (χ0) is 11.0. The minimum absolute atomic E-state index is 0.434. The monoisotopic (exact) mass is 222 g/mol. The third kappa shape index (κ3) is 1.88. The number of hydrogen-bond acceptors (Lipinski definition) is 2. The van der Waals surface area contributed by atoms with E-state index in [0.29, 0.717) is 11.5 Å². The fraction of sp³-hybridized carbons (Fsp3) is 0.417. The van der Waals surface area contributed by atoms with Gasteiger partial charge >= 0.3 is 5.97 Å². The fourth-order valence-electron chi connectivity index (χ4n) is 1.93. The lowest BCUT2D eigenvalue weighted by Crippen LogP contribution is -2.02. The number of hydrogen-bond donors (Lipinski definition) is 1. The molecule has 3 heteroatoms. The van der Waals surface area contributed by atoms with E-state index >= 15 is 0 Å². The van der Waals surface area contributed by atoms with E-state index in [1.165, 1.54) is 18.4 Å². The van der Waals surface area contributed by atoms with Crippen molar-refractivity contribution in [2.75, 3.05) is 6.26 Å². The quantitative estimate of drug-likeness (QED) is 0.797. The molecule has 0 radical (unpaired) electrons. The third-order valence-electron chi connectivity index (χ3n) is 2.89. The first-order valence-electron chi connectivity index (χ1n) is 5.06. The van der Waals surface area contributed by atoms with E-state index in [4.69, 9.17) is 5.11 Å². The van der Waals surface area contributed by atoms with E-state index in [0.717, 1.165) is 10.5 Å². The predicted octanol–water partition coefficient (Wildman–Crippen LogP) is 3.29. The lowest BCUT2D eigenvalue weighted by atomic mass is 10.0. The average Bonchev–Trinajstić information content (AvgIpc) is 2.99. The second-order valence-corrected chi connectivity index (χ2v) is 4.76. The average molecular weight is 222 g/mol. The zero-order valence-electron chi connectivity index (χ0n) is 8.91. The SMILES string of the molecule is CSc1c(C2CC2)ccc(C(=O)O)c1C. The molecule has 1 aliphatic rings. The van der Waals surface area contributed by atoms with Crippen molar-refractivity contribution in [3.63, 3.8) is 0 Å². The fourth-order valence-corrected chi connectivity index (χ4v) is 2.82. The summed E-state index contributed by atoms with van der Waals surface area (Å²) < 4.78 is 0. The topological polar surface area (TPSA) is 37.3 Å².